The fourth-order valence-electron chi connectivity index (χ4n) is 3.37. The zero-order valence-corrected chi connectivity index (χ0v) is 11.0. The van der Waals surface area contributed by atoms with Gasteiger partial charge in [-0.2, -0.15) is 0 Å². The molecular weight excluding hydrogens is 218 g/mol. The molecule has 0 radical (unpaired) electrons. The van der Waals surface area contributed by atoms with Crippen molar-refractivity contribution < 1.29 is 0 Å². The zero-order valence-electron chi connectivity index (χ0n) is 11.0. The van der Waals surface area contributed by atoms with Crippen molar-refractivity contribution in [2.75, 3.05) is 7.05 Å². The number of nitrogens with one attached hydrogen (secondary N) is 1. The Hall–Kier alpha value is -1.34. The van der Waals surface area contributed by atoms with E-state index in [0.29, 0.717) is 6.04 Å². The molecule has 0 aliphatic heterocycles. The van der Waals surface area contributed by atoms with Crippen LogP contribution in [-0.4, -0.2) is 7.05 Å². The molecule has 0 amide bonds. The fourth-order valence-corrected chi connectivity index (χ4v) is 3.37. The van der Waals surface area contributed by atoms with Crippen LogP contribution in [0.5, 0.6) is 0 Å². The molecule has 0 saturated heterocycles. The van der Waals surface area contributed by atoms with Gasteiger partial charge in [-0.25, -0.2) is 0 Å². The normalized spacial score (nSPS) is 18.3. The summed E-state index contributed by atoms with van der Waals surface area (Å²) in [6.07, 6.45) is 5.55. The lowest BCUT2D eigenvalue weighted by atomic mass is 9.90. The summed E-state index contributed by atoms with van der Waals surface area (Å²) in [7, 11) is 2.10. The molecule has 2 aromatic rings. The molecule has 94 valence electrons. The topological polar surface area (TPSA) is 12.0 Å². The van der Waals surface area contributed by atoms with Crippen LogP contribution in [0.1, 0.15) is 37.3 Å². The summed E-state index contributed by atoms with van der Waals surface area (Å²) in [5.41, 5.74) is 1.45. The van der Waals surface area contributed by atoms with Crippen LogP contribution < -0.4 is 5.32 Å². The Morgan fingerprint density at radius 3 is 2.44 bits per heavy atom. The maximum Gasteiger partial charge on any atom is 0.0346 e. The maximum absolute atomic E-state index is 3.52. The third-order valence-electron chi connectivity index (χ3n) is 4.31. The van der Waals surface area contributed by atoms with Gasteiger partial charge in [0, 0.05) is 6.04 Å². The highest BCUT2D eigenvalue weighted by Gasteiger charge is 2.24. The second-order valence-corrected chi connectivity index (χ2v) is 5.42. The van der Waals surface area contributed by atoms with E-state index in [0.717, 1.165) is 5.92 Å². The lowest BCUT2D eigenvalue weighted by Gasteiger charge is -2.23. The van der Waals surface area contributed by atoms with E-state index in [9.17, 15) is 0 Å². The molecular formula is C17H21N. The van der Waals surface area contributed by atoms with Crippen molar-refractivity contribution >= 4 is 10.8 Å². The summed E-state index contributed by atoms with van der Waals surface area (Å²) < 4.78 is 0. The second kappa shape index (κ2) is 5.11. The van der Waals surface area contributed by atoms with Gasteiger partial charge in [-0.15, -0.1) is 0 Å². The summed E-state index contributed by atoms with van der Waals surface area (Å²) in [5, 5.41) is 6.22. The number of benzene rings is 2. The maximum atomic E-state index is 3.52. The molecule has 0 heterocycles. The van der Waals surface area contributed by atoms with Crippen LogP contribution >= 0.6 is 0 Å². The van der Waals surface area contributed by atoms with Crippen molar-refractivity contribution in [2.24, 2.45) is 5.92 Å². The van der Waals surface area contributed by atoms with Crippen LogP contribution in [0.15, 0.2) is 42.5 Å². The van der Waals surface area contributed by atoms with E-state index in [2.05, 4.69) is 54.8 Å². The Morgan fingerprint density at radius 1 is 1.00 bits per heavy atom. The minimum atomic E-state index is 0.525. The Morgan fingerprint density at radius 2 is 1.72 bits per heavy atom. The highest BCUT2D eigenvalue weighted by atomic mass is 14.9. The fraction of sp³-hybridized carbons (Fsp3) is 0.412. The quantitative estimate of drug-likeness (QED) is 0.842. The Balaban J connectivity index is 1.96. The summed E-state index contributed by atoms with van der Waals surface area (Å²) in [6, 6.07) is 16.0. The van der Waals surface area contributed by atoms with Crippen LogP contribution in [-0.2, 0) is 0 Å². The Labute approximate surface area is 109 Å². The monoisotopic (exact) mass is 239 g/mol. The third kappa shape index (κ3) is 2.15. The predicted molar refractivity (Wildman–Crippen MR) is 77.7 cm³/mol. The minimum absolute atomic E-state index is 0.525. The molecule has 1 fully saturated rings. The number of hydrogen-bond acceptors (Lipinski definition) is 1. The molecule has 1 unspecified atom stereocenters. The smallest absolute Gasteiger partial charge is 0.0346 e. The van der Waals surface area contributed by atoms with Crippen molar-refractivity contribution in [1.82, 2.24) is 5.32 Å². The zero-order chi connectivity index (χ0) is 12.4. The first-order valence-corrected chi connectivity index (χ1v) is 7.04. The van der Waals surface area contributed by atoms with Gasteiger partial charge in [0.25, 0.3) is 0 Å². The van der Waals surface area contributed by atoms with Crippen molar-refractivity contribution in [3.05, 3.63) is 48.0 Å². The summed E-state index contributed by atoms with van der Waals surface area (Å²) in [5.74, 6) is 0.816. The number of hydrogen-bond donors (Lipinski definition) is 1. The van der Waals surface area contributed by atoms with Gasteiger partial charge in [0.05, 0.1) is 0 Å². The average molecular weight is 239 g/mol. The van der Waals surface area contributed by atoms with E-state index in [1.165, 1.54) is 42.0 Å². The molecule has 1 saturated carbocycles. The van der Waals surface area contributed by atoms with Crippen molar-refractivity contribution in [3.8, 4) is 0 Å². The number of rotatable bonds is 3. The van der Waals surface area contributed by atoms with Crippen molar-refractivity contribution in [1.29, 1.82) is 0 Å². The highest BCUT2D eigenvalue weighted by molar-refractivity contribution is 5.83. The largest absolute Gasteiger partial charge is 0.313 e. The molecule has 1 atom stereocenters. The molecule has 1 heteroatoms. The van der Waals surface area contributed by atoms with Gasteiger partial charge in [0.1, 0.15) is 0 Å². The van der Waals surface area contributed by atoms with Gasteiger partial charge >= 0.3 is 0 Å². The van der Waals surface area contributed by atoms with Gasteiger partial charge in [-0.3, -0.25) is 0 Å². The van der Waals surface area contributed by atoms with E-state index in [1.807, 2.05) is 0 Å². The first-order valence-electron chi connectivity index (χ1n) is 7.04. The van der Waals surface area contributed by atoms with Crippen LogP contribution in [0.3, 0.4) is 0 Å². The van der Waals surface area contributed by atoms with Crippen LogP contribution in [0.25, 0.3) is 10.8 Å². The van der Waals surface area contributed by atoms with Gasteiger partial charge in [-0.1, -0.05) is 49.2 Å². The van der Waals surface area contributed by atoms with Crippen LogP contribution in [0.2, 0.25) is 0 Å². The first-order chi connectivity index (χ1) is 8.88. The standard InChI is InChI=1S/C17H21N/c1-18-17(14-7-3-4-8-14)16-11-10-13-6-2-5-9-15(13)12-16/h2,5-6,9-12,14,17-18H,3-4,7-8H2,1H3. The Kier molecular flexibility index (Phi) is 3.33. The van der Waals surface area contributed by atoms with E-state index >= 15 is 0 Å². The molecule has 0 spiro atoms. The van der Waals surface area contributed by atoms with Gasteiger partial charge < -0.3 is 5.32 Å². The Bertz CT molecular complexity index is 526. The molecule has 1 aliphatic carbocycles. The van der Waals surface area contributed by atoms with E-state index < -0.39 is 0 Å². The minimum Gasteiger partial charge on any atom is -0.313 e. The molecule has 1 N–H and O–H groups in total. The molecule has 0 aromatic heterocycles. The summed E-state index contributed by atoms with van der Waals surface area (Å²) >= 11 is 0. The molecule has 2 aromatic carbocycles. The molecule has 0 bridgehead atoms. The molecule has 3 rings (SSSR count). The third-order valence-corrected chi connectivity index (χ3v) is 4.31. The lowest BCUT2D eigenvalue weighted by molar-refractivity contribution is 0.390. The van der Waals surface area contributed by atoms with Crippen LogP contribution in [0, 0.1) is 5.92 Å². The van der Waals surface area contributed by atoms with Gasteiger partial charge in [0.15, 0.2) is 0 Å². The predicted octanol–water partition coefficient (Wildman–Crippen LogP) is 4.29. The number of fused-ring (bicyclic) bond motifs is 1. The first kappa shape index (κ1) is 11.7. The van der Waals surface area contributed by atoms with Crippen LogP contribution in [0.4, 0.5) is 0 Å². The SMILES string of the molecule is CNC(c1ccc2ccccc2c1)C1CCCC1. The second-order valence-electron chi connectivity index (χ2n) is 5.42. The van der Waals surface area contributed by atoms with E-state index in [4.69, 9.17) is 0 Å². The van der Waals surface area contributed by atoms with E-state index in [1.54, 1.807) is 0 Å². The van der Waals surface area contributed by atoms with E-state index in [-0.39, 0.29) is 0 Å². The lowest BCUT2D eigenvalue weighted by Crippen LogP contribution is -2.23. The summed E-state index contributed by atoms with van der Waals surface area (Å²) in [6.45, 7) is 0. The molecule has 1 aliphatic rings. The molecule has 1 nitrogen and oxygen atoms in total. The van der Waals surface area contributed by atoms with Crippen molar-refractivity contribution in [3.63, 3.8) is 0 Å². The van der Waals surface area contributed by atoms with Gasteiger partial charge in [-0.05, 0) is 48.2 Å². The summed E-state index contributed by atoms with van der Waals surface area (Å²) in [4.78, 5) is 0. The highest BCUT2D eigenvalue weighted by Crippen LogP contribution is 2.36. The molecule has 18 heavy (non-hydrogen) atoms. The van der Waals surface area contributed by atoms with Gasteiger partial charge in [0.2, 0.25) is 0 Å². The van der Waals surface area contributed by atoms with Crippen molar-refractivity contribution in [2.45, 2.75) is 31.7 Å². The average Bonchev–Trinajstić information content (AvgIpc) is 2.93.